The molecule has 1 atom stereocenters. The maximum atomic E-state index is 11.4. The number of piperidine rings is 1. The topological polar surface area (TPSA) is 59.4 Å². The van der Waals surface area contributed by atoms with Gasteiger partial charge in [-0.05, 0) is 19.8 Å². The lowest BCUT2D eigenvalue weighted by Gasteiger charge is -2.47. The molecule has 1 aromatic heterocycles. The highest BCUT2D eigenvalue weighted by atomic mass is 16.5. The second-order valence-corrected chi connectivity index (χ2v) is 5.87. The van der Waals surface area contributed by atoms with Crippen molar-refractivity contribution in [1.82, 2.24) is 19.8 Å². The van der Waals surface area contributed by atoms with Crippen molar-refractivity contribution in [3.8, 4) is 0 Å². The Morgan fingerprint density at radius 1 is 1.50 bits per heavy atom. The van der Waals surface area contributed by atoms with Gasteiger partial charge in [-0.2, -0.15) is 0 Å². The predicted molar refractivity (Wildman–Crippen MR) is 74.0 cm³/mol. The van der Waals surface area contributed by atoms with E-state index in [-0.39, 0.29) is 24.2 Å². The van der Waals surface area contributed by atoms with Crippen molar-refractivity contribution in [2.24, 2.45) is 7.05 Å². The van der Waals surface area contributed by atoms with Crippen molar-refractivity contribution in [3.05, 3.63) is 18.2 Å². The van der Waals surface area contributed by atoms with Gasteiger partial charge >= 0.3 is 0 Å². The number of hydrogen-bond donors (Lipinski definition) is 1. The molecule has 1 spiro atoms. The van der Waals surface area contributed by atoms with Crippen molar-refractivity contribution in [2.75, 3.05) is 19.7 Å². The SMILES string of the molecule is CC1NC(=O)COC12CCN(Cc1nccn1C)CC2. The van der Waals surface area contributed by atoms with Crippen molar-refractivity contribution in [3.63, 3.8) is 0 Å². The number of carbonyl (C=O) groups is 1. The van der Waals surface area contributed by atoms with Crippen LogP contribution >= 0.6 is 0 Å². The van der Waals surface area contributed by atoms with Gasteiger partial charge in [-0.25, -0.2) is 4.98 Å². The van der Waals surface area contributed by atoms with Gasteiger partial charge in [0, 0.05) is 32.5 Å². The maximum absolute atomic E-state index is 11.4. The number of carbonyl (C=O) groups excluding carboxylic acids is 1. The lowest BCUT2D eigenvalue weighted by atomic mass is 9.83. The molecule has 0 radical (unpaired) electrons. The van der Waals surface area contributed by atoms with Crippen molar-refractivity contribution in [1.29, 1.82) is 0 Å². The predicted octanol–water partition coefficient (Wildman–Crippen LogP) is 0.290. The normalized spacial score (nSPS) is 26.7. The van der Waals surface area contributed by atoms with E-state index in [2.05, 4.69) is 19.8 Å². The fraction of sp³-hybridized carbons (Fsp3) is 0.714. The van der Waals surface area contributed by atoms with Crippen LogP contribution in [0.1, 0.15) is 25.6 Å². The van der Waals surface area contributed by atoms with Crippen LogP contribution in [0.2, 0.25) is 0 Å². The third kappa shape index (κ3) is 2.45. The lowest BCUT2D eigenvalue weighted by Crippen LogP contribution is -2.62. The molecule has 1 amide bonds. The average Bonchev–Trinajstić information content (AvgIpc) is 2.83. The van der Waals surface area contributed by atoms with E-state index in [4.69, 9.17) is 4.74 Å². The number of nitrogens with zero attached hydrogens (tertiary/aromatic N) is 3. The van der Waals surface area contributed by atoms with E-state index >= 15 is 0 Å². The summed E-state index contributed by atoms with van der Waals surface area (Å²) in [5.74, 6) is 1.09. The highest BCUT2D eigenvalue weighted by molar-refractivity contribution is 5.78. The summed E-state index contributed by atoms with van der Waals surface area (Å²) in [5, 5.41) is 3.01. The maximum Gasteiger partial charge on any atom is 0.246 e. The Balaban J connectivity index is 1.59. The molecule has 2 aliphatic heterocycles. The monoisotopic (exact) mass is 278 g/mol. The van der Waals surface area contributed by atoms with Gasteiger partial charge in [0.15, 0.2) is 0 Å². The van der Waals surface area contributed by atoms with E-state index in [9.17, 15) is 4.79 Å². The Morgan fingerprint density at radius 2 is 2.25 bits per heavy atom. The summed E-state index contributed by atoms with van der Waals surface area (Å²) in [5.41, 5.74) is -0.175. The van der Waals surface area contributed by atoms with Gasteiger partial charge in [-0.1, -0.05) is 0 Å². The molecule has 1 N–H and O–H groups in total. The molecule has 0 saturated carbocycles. The number of aryl methyl sites for hydroxylation is 1. The van der Waals surface area contributed by atoms with Crippen LogP contribution in [0.25, 0.3) is 0 Å². The van der Waals surface area contributed by atoms with Gasteiger partial charge < -0.3 is 14.6 Å². The summed E-state index contributed by atoms with van der Waals surface area (Å²) >= 11 is 0. The fourth-order valence-corrected chi connectivity index (χ4v) is 3.16. The smallest absolute Gasteiger partial charge is 0.246 e. The van der Waals surface area contributed by atoms with Crippen LogP contribution < -0.4 is 5.32 Å². The molecule has 3 rings (SSSR count). The summed E-state index contributed by atoms with van der Waals surface area (Å²) in [6.45, 7) is 5.08. The first kappa shape index (κ1) is 13.6. The highest BCUT2D eigenvalue weighted by Crippen LogP contribution is 2.32. The van der Waals surface area contributed by atoms with Gasteiger partial charge in [0.2, 0.25) is 5.91 Å². The van der Waals surface area contributed by atoms with Gasteiger partial charge in [0.05, 0.1) is 18.2 Å². The number of ether oxygens (including phenoxy) is 1. The zero-order valence-electron chi connectivity index (χ0n) is 12.1. The number of amides is 1. The Labute approximate surface area is 119 Å². The average molecular weight is 278 g/mol. The Bertz CT molecular complexity index is 491. The second kappa shape index (κ2) is 5.18. The zero-order valence-corrected chi connectivity index (χ0v) is 12.1. The zero-order chi connectivity index (χ0) is 14.2. The number of hydrogen-bond acceptors (Lipinski definition) is 4. The standard InChI is InChI=1S/C14H22N4O2/c1-11-14(20-10-13(19)16-11)3-6-18(7-4-14)9-12-15-5-8-17(12)2/h5,8,11H,3-4,6-7,9-10H2,1-2H3,(H,16,19). The molecule has 3 heterocycles. The van der Waals surface area contributed by atoms with Crippen LogP contribution in [0.3, 0.4) is 0 Å². The van der Waals surface area contributed by atoms with Crippen LogP contribution in [-0.4, -0.2) is 51.7 Å². The molecule has 0 aliphatic carbocycles. The number of aromatic nitrogens is 2. The largest absolute Gasteiger partial charge is 0.363 e. The van der Waals surface area contributed by atoms with E-state index in [1.807, 2.05) is 26.4 Å². The molecule has 20 heavy (non-hydrogen) atoms. The Hall–Kier alpha value is -1.40. The number of rotatable bonds is 2. The third-order valence-corrected chi connectivity index (χ3v) is 4.65. The third-order valence-electron chi connectivity index (χ3n) is 4.65. The van der Waals surface area contributed by atoms with Crippen LogP contribution in [0.15, 0.2) is 12.4 Å². The summed E-state index contributed by atoms with van der Waals surface area (Å²) < 4.78 is 7.94. The number of nitrogens with one attached hydrogen (secondary N) is 1. The molecule has 6 nitrogen and oxygen atoms in total. The van der Waals surface area contributed by atoms with E-state index in [1.54, 1.807) is 0 Å². The van der Waals surface area contributed by atoms with Gasteiger partial charge in [-0.3, -0.25) is 9.69 Å². The summed E-state index contributed by atoms with van der Waals surface area (Å²) in [6.07, 6.45) is 5.73. The molecule has 2 aliphatic rings. The molecule has 2 saturated heterocycles. The van der Waals surface area contributed by atoms with Gasteiger partial charge in [0.25, 0.3) is 0 Å². The van der Waals surface area contributed by atoms with E-state index in [0.717, 1.165) is 38.3 Å². The van der Waals surface area contributed by atoms with Crippen molar-refractivity contribution in [2.45, 2.75) is 38.0 Å². The molecule has 0 aromatic carbocycles. The van der Waals surface area contributed by atoms with Crippen LogP contribution in [0.5, 0.6) is 0 Å². The second-order valence-electron chi connectivity index (χ2n) is 5.87. The lowest BCUT2D eigenvalue weighted by molar-refractivity contribution is -0.159. The first-order valence-corrected chi connectivity index (χ1v) is 7.21. The van der Waals surface area contributed by atoms with E-state index in [1.165, 1.54) is 0 Å². The number of imidazole rings is 1. The van der Waals surface area contributed by atoms with Crippen LogP contribution in [-0.2, 0) is 23.1 Å². The molecule has 2 fully saturated rings. The first-order chi connectivity index (χ1) is 9.59. The first-order valence-electron chi connectivity index (χ1n) is 7.21. The van der Waals surface area contributed by atoms with Crippen molar-refractivity contribution < 1.29 is 9.53 Å². The van der Waals surface area contributed by atoms with E-state index < -0.39 is 0 Å². The van der Waals surface area contributed by atoms with Crippen LogP contribution in [0, 0.1) is 0 Å². The van der Waals surface area contributed by atoms with Crippen LogP contribution in [0.4, 0.5) is 0 Å². The number of morpholine rings is 1. The Morgan fingerprint density at radius 3 is 2.85 bits per heavy atom. The quantitative estimate of drug-likeness (QED) is 0.845. The molecular formula is C14H22N4O2. The molecule has 0 bridgehead atoms. The fourth-order valence-electron chi connectivity index (χ4n) is 3.16. The van der Waals surface area contributed by atoms with Crippen molar-refractivity contribution >= 4 is 5.91 Å². The molecule has 6 heteroatoms. The van der Waals surface area contributed by atoms with Gasteiger partial charge in [-0.15, -0.1) is 0 Å². The summed E-state index contributed by atoms with van der Waals surface area (Å²) in [7, 11) is 2.02. The molecular weight excluding hydrogens is 256 g/mol. The number of likely N-dealkylation sites (tertiary alicyclic amines) is 1. The molecule has 110 valence electrons. The molecule has 1 unspecified atom stereocenters. The minimum atomic E-state index is -0.175. The van der Waals surface area contributed by atoms with Gasteiger partial charge in [0.1, 0.15) is 12.4 Å². The Kier molecular flexibility index (Phi) is 3.52. The molecule has 1 aromatic rings. The highest BCUT2D eigenvalue weighted by Gasteiger charge is 2.44. The summed E-state index contributed by atoms with van der Waals surface area (Å²) in [6, 6.07) is 0.0964. The minimum Gasteiger partial charge on any atom is -0.363 e. The van der Waals surface area contributed by atoms with E-state index in [0.29, 0.717) is 0 Å². The summed E-state index contributed by atoms with van der Waals surface area (Å²) in [4.78, 5) is 18.1. The minimum absolute atomic E-state index is 0.00133.